The van der Waals surface area contributed by atoms with Crippen LogP contribution in [-0.2, 0) is 15.1 Å². The third-order valence-corrected chi connectivity index (χ3v) is 4.74. The Bertz CT molecular complexity index is 901. The molecule has 1 fully saturated rings. The van der Waals surface area contributed by atoms with Gasteiger partial charge in [-0.15, -0.1) is 0 Å². The van der Waals surface area contributed by atoms with Gasteiger partial charge in [-0.3, -0.25) is 14.5 Å². The fraction of sp³-hybridized carbons (Fsp3) is 0.250. The second kappa shape index (κ2) is 7.19. The molecule has 4 amide bonds. The van der Waals surface area contributed by atoms with Crippen molar-refractivity contribution in [1.29, 1.82) is 0 Å². The lowest BCUT2D eigenvalue weighted by atomic mass is 9.87. The lowest BCUT2D eigenvalue weighted by molar-refractivity contribution is -0.134. The Balaban J connectivity index is 1.78. The van der Waals surface area contributed by atoms with Crippen molar-refractivity contribution in [2.45, 2.75) is 25.8 Å². The Morgan fingerprint density at radius 2 is 1.89 bits per heavy atom. The molecule has 0 aliphatic carbocycles. The van der Waals surface area contributed by atoms with Crippen molar-refractivity contribution < 1.29 is 18.8 Å². The Morgan fingerprint density at radius 3 is 2.52 bits per heavy atom. The van der Waals surface area contributed by atoms with E-state index in [1.807, 2.05) is 6.07 Å². The van der Waals surface area contributed by atoms with E-state index in [-0.39, 0.29) is 0 Å². The van der Waals surface area contributed by atoms with E-state index in [2.05, 4.69) is 10.6 Å². The van der Waals surface area contributed by atoms with Crippen LogP contribution in [0.1, 0.15) is 24.5 Å². The highest BCUT2D eigenvalue weighted by Gasteiger charge is 2.51. The minimum absolute atomic E-state index is 0.358. The molecule has 2 aromatic rings. The maximum Gasteiger partial charge on any atom is 0.325 e. The van der Waals surface area contributed by atoms with Crippen molar-refractivity contribution in [2.75, 3.05) is 11.9 Å². The quantitative estimate of drug-likeness (QED) is 0.796. The standard InChI is InChI=1S/C20H20FN3O3/c1-3-20(14-7-5-4-6-8-14)18(26)24(19(27)23-20)12-17(25)22-16-10-9-15(21)11-13(16)2/h4-11H,3,12H2,1-2H3,(H,22,25)(H,23,27). The summed E-state index contributed by atoms with van der Waals surface area (Å²) in [6, 6.07) is 12.3. The van der Waals surface area contributed by atoms with Gasteiger partial charge in [0.25, 0.3) is 5.91 Å². The Labute approximate surface area is 156 Å². The van der Waals surface area contributed by atoms with Crippen LogP contribution in [0.15, 0.2) is 48.5 Å². The predicted molar refractivity (Wildman–Crippen MR) is 98.4 cm³/mol. The first-order valence-electron chi connectivity index (χ1n) is 8.63. The number of carbonyl (C=O) groups is 3. The largest absolute Gasteiger partial charge is 0.325 e. The van der Waals surface area contributed by atoms with E-state index in [0.717, 1.165) is 4.90 Å². The van der Waals surface area contributed by atoms with Crippen LogP contribution in [0.2, 0.25) is 0 Å². The van der Waals surface area contributed by atoms with Crippen LogP contribution in [0, 0.1) is 12.7 Å². The molecule has 1 aliphatic heterocycles. The number of halogens is 1. The number of nitrogens with one attached hydrogen (secondary N) is 2. The van der Waals surface area contributed by atoms with Gasteiger partial charge >= 0.3 is 6.03 Å². The van der Waals surface area contributed by atoms with Crippen LogP contribution in [0.25, 0.3) is 0 Å². The molecular formula is C20H20FN3O3. The number of aryl methyl sites for hydroxylation is 1. The second-order valence-corrected chi connectivity index (χ2v) is 6.45. The summed E-state index contributed by atoms with van der Waals surface area (Å²) < 4.78 is 13.2. The zero-order valence-corrected chi connectivity index (χ0v) is 15.1. The van der Waals surface area contributed by atoms with Gasteiger partial charge < -0.3 is 10.6 Å². The normalized spacial score (nSPS) is 19.1. The van der Waals surface area contributed by atoms with Gasteiger partial charge in [-0.25, -0.2) is 9.18 Å². The average molecular weight is 369 g/mol. The van der Waals surface area contributed by atoms with Gasteiger partial charge in [-0.1, -0.05) is 37.3 Å². The van der Waals surface area contributed by atoms with E-state index in [4.69, 9.17) is 0 Å². The summed E-state index contributed by atoms with van der Waals surface area (Å²) in [6.07, 6.45) is 0.358. The van der Waals surface area contributed by atoms with Gasteiger partial charge in [0, 0.05) is 5.69 Å². The summed E-state index contributed by atoms with van der Waals surface area (Å²) in [7, 11) is 0. The molecule has 27 heavy (non-hydrogen) atoms. The van der Waals surface area contributed by atoms with E-state index in [1.54, 1.807) is 38.1 Å². The van der Waals surface area contributed by atoms with Gasteiger partial charge in [0.2, 0.25) is 5.91 Å². The lowest BCUT2D eigenvalue weighted by Crippen LogP contribution is -2.44. The number of amides is 4. The fourth-order valence-corrected chi connectivity index (χ4v) is 3.23. The van der Waals surface area contributed by atoms with Gasteiger partial charge in [0.1, 0.15) is 17.9 Å². The highest BCUT2D eigenvalue weighted by molar-refractivity contribution is 6.10. The van der Waals surface area contributed by atoms with E-state index < -0.39 is 35.7 Å². The van der Waals surface area contributed by atoms with E-state index in [0.29, 0.717) is 23.2 Å². The summed E-state index contributed by atoms with van der Waals surface area (Å²) in [5, 5.41) is 5.34. The molecule has 1 atom stereocenters. The number of hydrogen-bond donors (Lipinski definition) is 2. The molecule has 0 spiro atoms. The Hall–Kier alpha value is -3.22. The second-order valence-electron chi connectivity index (χ2n) is 6.45. The molecule has 1 aliphatic rings. The molecule has 1 unspecified atom stereocenters. The number of urea groups is 1. The van der Waals surface area contributed by atoms with Crippen LogP contribution in [-0.4, -0.2) is 29.3 Å². The number of benzene rings is 2. The molecule has 6 nitrogen and oxygen atoms in total. The highest BCUT2D eigenvalue weighted by atomic mass is 19.1. The predicted octanol–water partition coefficient (Wildman–Crippen LogP) is 2.93. The molecular weight excluding hydrogens is 349 g/mol. The summed E-state index contributed by atoms with van der Waals surface area (Å²) >= 11 is 0. The topological polar surface area (TPSA) is 78.5 Å². The third-order valence-electron chi connectivity index (χ3n) is 4.74. The maximum absolute atomic E-state index is 13.2. The third kappa shape index (κ3) is 3.40. The minimum Gasteiger partial charge on any atom is -0.324 e. The molecule has 1 heterocycles. The van der Waals surface area contributed by atoms with Crippen molar-refractivity contribution in [2.24, 2.45) is 0 Å². The number of carbonyl (C=O) groups excluding carboxylic acids is 3. The zero-order valence-electron chi connectivity index (χ0n) is 15.1. The molecule has 0 saturated carbocycles. The monoisotopic (exact) mass is 369 g/mol. The first-order chi connectivity index (χ1) is 12.9. The van der Waals surface area contributed by atoms with Gasteiger partial charge in [-0.2, -0.15) is 0 Å². The molecule has 140 valence electrons. The molecule has 1 saturated heterocycles. The van der Waals surface area contributed by atoms with E-state index in [9.17, 15) is 18.8 Å². The number of nitrogens with zero attached hydrogens (tertiary/aromatic N) is 1. The summed E-state index contributed by atoms with van der Waals surface area (Å²) in [6.45, 7) is 3.04. The summed E-state index contributed by atoms with van der Waals surface area (Å²) in [4.78, 5) is 38.6. The van der Waals surface area contributed by atoms with Crippen LogP contribution < -0.4 is 10.6 Å². The van der Waals surface area contributed by atoms with Crippen LogP contribution in [0.3, 0.4) is 0 Å². The van der Waals surface area contributed by atoms with E-state index in [1.165, 1.54) is 18.2 Å². The first-order valence-corrected chi connectivity index (χ1v) is 8.63. The molecule has 3 rings (SSSR count). The van der Waals surface area contributed by atoms with E-state index >= 15 is 0 Å². The van der Waals surface area contributed by atoms with Crippen molar-refractivity contribution in [3.8, 4) is 0 Å². The number of imide groups is 1. The Morgan fingerprint density at radius 1 is 1.19 bits per heavy atom. The molecule has 0 radical (unpaired) electrons. The molecule has 0 aromatic heterocycles. The van der Waals surface area contributed by atoms with Gasteiger partial charge in [0.05, 0.1) is 0 Å². The maximum atomic E-state index is 13.2. The molecule has 2 aromatic carbocycles. The van der Waals surface area contributed by atoms with Crippen LogP contribution in [0.4, 0.5) is 14.9 Å². The van der Waals surface area contributed by atoms with Crippen molar-refractivity contribution >= 4 is 23.5 Å². The minimum atomic E-state index is -1.18. The van der Waals surface area contributed by atoms with Crippen LogP contribution >= 0.6 is 0 Å². The average Bonchev–Trinajstić information content (AvgIpc) is 2.90. The number of anilines is 1. The zero-order chi connectivity index (χ0) is 19.6. The van der Waals surface area contributed by atoms with Gasteiger partial charge in [-0.05, 0) is 42.7 Å². The van der Waals surface area contributed by atoms with Crippen molar-refractivity contribution in [1.82, 2.24) is 10.2 Å². The molecule has 7 heteroatoms. The molecule has 0 bridgehead atoms. The highest BCUT2D eigenvalue weighted by Crippen LogP contribution is 2.32. The number of rotatable bonds is 5. The number of hydrogen-bond acceptors (Lipinski definition) is 3. The fourth-order valence-electron chi connectivity index (χ4n) is 3.23. The smallest absolute Gasteiger partial charge is 0.324 e. The van der Waals surface area contributed by atoms with Crippen molar-refractivity contribution in [3.63, 3.8) is 0 Å². The summed E-state index contributed by atoms with van der Waals surface area (Å²) in [5.41, 5.74) is 0.471. The molecule has 2 N–H and O–H groups in total. The van der Waals surface area contributed by atoms with Crippen LogP contribution in [0.5, 0.6) is 0 Å². The Kier molecular flexibility index (Phi) is 4.94. The summed E-state index contributed by atoms with van der Waals surface area (Å²) in [5.74, 6) is -1.41. The van der Waals surface area contributed by atoms with Gasteiger partial charge in [0.15, 0.2) is 0 Å². The first kappa shape index (κ1) is 18.6. The van der Waals surface area contributed by atoms with Crippen molar-refractivity contribution in [3.05, 3.63) is 65.5 Å². The SMILES string of the molecule is CCC1(c2ccccc2)NC(=O)N(CC(=O)Nc2ccc(F)cc2C)C1=O. The lowest BCUT2D eigenvalue weighted by Gasteiger charge is -2.25.